The van der Waals surface area contributed by atoms with Crippen LogP contribution in [0.1, 0.15) is 24.2 Å². The Morgan fingerprint density at radius 3 is 2.17 bits per heavy atom. The minimum atomic E-state index is -0.374. The Kier molecular flexibility index (Phi) is 6.59. The van der Waals surface area contributed by atoms with Crippen molar-refractivity contribution in [3.8, 4) is 5.69 Å². The number of hydrogen-bond acceptors (Lipinski definition) is 4. The molecule has 0 atom stereocenters. The summed E-state index contributed by atoms with van der Waals surface area (Å²) in [5, 5.41) is 12.2. The highest BCUT2D eigenvalue weighted by molar-refractivity contribution is 6.00. The molecule has 1 heterocycles. The molecule has 0 unspecified atom stereocenters. The summed E-state index contributed by atoms with van der Waals surface area (Å²) in [4.78, 5) is 36.0. The average molecular weight is 405 g/mol. The van der Waals surface area contributed by atoms with E-state index >= 15 is 0 Å². The van der Waals surface area contributed by atoms with E-state index in [0.717, 1.165) is 5.69 Å². The Morgan fingerprint density at radius 1 is 0.933 bits per heavy atom. The third-order valence-corrected chi connectivity index (χ3v) is 4.27. The first kappa shape index (κ1) is 20.8. The largest absolute Gasteiger partial charge is 0.343 e. The van der Waals surface area contributed by atoms with E-state index in [1.165, 1.54) is 0 Å². The minimum absolute atomic E-state index is 0.0958. The van der Waals surface area contributed by atoms with Gasteiger partial charge < -0.3 is 16.0 Å². The maximum Gasteiger partial charge on any atom is 0.251 e. The van der Waals surface area contributed by atoms with Crippen molar-refractivity contribution in [1.29, 1.82) is 0 Å². The summed E-state index contributed by atoms with van der Waals surface area (Å²) in [5.41, 5.74) is 2.50. The lowest BCUT2D eigenvalue weighted by Crippen LogP contribution is -2.32. The van der Waals surface area contributed by atoms with Gasteiger partial charge >= 0.3 is 0 Å². The zero-order chi connectivity index (χ0) is 21.5. The van der Waals surface area contributed by atoms with Crippen molar-refractivity contribution in [3.05, 3.63) is 72.6 Å². The first-order valence-corrected chi connectivity index (χ1v) is 9.51. The van der Waals surface area contributed by atoms with Crippen molar-refractivity contribution in [2.24, 2.45) is 5.92 Å². The average Bonchev–Trinajstić information content (AvgIpc) is 3.28. The van der Waals surface area contributed by atoms with E-state index in [4.69, 9.17) is 0 Å². The van der Waals surface area contributed by atoms with Crippen molar-refractivity contribution < 1.29 is 14.4 Å². The van der Waals surface area contributed by atoms with Gasteiger partial charge in [-0.2, -0.15) is 5.10 Å². The van der Waals surface area contributed by atoms with Crippen LogP contribution in [0.2, 0.25) is 0 Å². The third kappa shape index (κ3) is 5.54. The van der Waals surface area contributed by atoms with Gasteiger partial charge in [-0.3, -0.25) is 14.4 Å². The lowest BCUT2D eigenvalue weighted by atomic mass is 10.1. The Morgan fingerprint density at radius 2 is 1.57 bits per heavy atom. The highest BCUT2D eigenvalue weighted by Crippen LogP contribution is 2.13. The number of anilines is 2. The number of aromatic nitrogens is 2. The predicted molar refractivity (Wildman–Crippen MR) is 114 cm³/mol. The van der Waals surface area contributed by atoms with Gasteiger partial charge in [0.25, 0.3) is 5.91 Å². The van der Waals surface area contributed by atoms with Crippen molar-refractivity contribution >= 4 is 29.1 Å². The quantitative estimate of drug-likeness (QED) is 0.562. The highest BCUT2D eigenvalue weighted by Gasteiger charge is 2.10. The SMILES string of the molecule is CC(C)C(=O)Nc1ccc(C(=O)NCC(=O)Nc2ccc(-n3cccn3)cc2)cc1. The van der Waals surface area contributed by atoms with Crippen LogP contribution in [-0.4, -0.2) is 34.0 Å². The molecule has 154 valence electrons. The fraction of sp³-hybridized carbons (Fsp3) is 0.182. The summed E-state index contributed by atoms with van der Waals surface area (Å²) in [5.74, 6) is -0.938. The summed E-state index contributed by atoms with van der Waals surface area (Å²) >= 11 is 0. The van der Waals surface area contributed by atoms with E-state index in [-0.39, 0.29) is 30.2 Å². The van der Waals surface area contributed by atoms with Gasteiger partial charge in [0.2, 0.25) is 11.8 Å². The summed E-state index contributed by atoms with van der Waals surface area (Å²) in [6.45, 7) is 3.44. The summed E-state index contributed by atoms with van der Waals surface area (Å²) < 4.78 is 1.71. The van der Waals surface area contributed by atoms with Gasteiger partial charge in [-0.15, -0.1) is 0 Å². The summed E-state index contributed by atoms with van der Waals surface area (Å²) in [6.07, 6.45) is 3.52. The second kappa shape index (κ2) is 9.51. The Bertz CT molecular complexity index is 1010. The van der Waals surface area contributed by atoms with E-state index < -0.39 is 0 Å². The van der Waals surface area contributed by atoms with Crippen LogP contribution in [0.4, 0.5) is 11.4 Å². The van der Waals surface area contributed by atoms with Crippen LogP contribution in [0, 0.1) is 5.92 Å². The number of rotatable bonds is 7. The molecular weight excluding hydrogens is 382 g/mol. The first-order chi connectivity index (χ1) is 14.4. The van der Waals surface area contributed by atoms with Crippen LogP contribution in [0.3, 0.4) is 0 Å². The predicted octanol–water partition coefficient (Wildman–Crippen LogP) is 2.84. The Hall–Kier alpha value is -3.94. The molecule has 2 aromatic carbocycles. The van der Waals surface area contributed by atoms with E-state index in [2.05, 4.69) is 21.0 Å². The lowest BCUT2D eigenvalue weighted by molar-refractivity contribution is -0.119. The topological polar surface area (TPSA) is 105 Å². The number of carbonyl (C=O) groups excluding carboxylic acids is 3. The molecule has 0 aliphatic heterocycles. The molecule has 0 aliphatic carbocycles. The summed E-state index contributed by atoms with van der Waals surface area (Å²) in [7, 11) is 0. The standard InChI is InChI=1S/C22H23N5O3/c1-15(2)21(29)26-18-6-4-16(5-7-18)22(30)23-14-20(28)25-17-8-10-19(11-9-17)27-13-3-12-24-27/h3-13,15H,14H2,1-2H3,(H,23,30)(H,25,28)(H,26,29). The molecule has 3 aromatic rings. The number of amides is 3. The van der Waals surface area contributed by atoms with Gasteiger partial charge in [0.15, 0.2) is 0 Å². The molecule has 0 saturated carbocycles. The molecule has 0 fully saturated rings. The van der Waals surface area contributed by atoms with Crippen LogP contribution in [0.25, 0.3) is 5.69 Å². The maximum absolute atomic E-state index is 12.2. The first-order valence-electron chi connectivity index (χ1n) is 9.51. The van der Waals surface area contributed by atoms with Crippen LogP contribution < -0.4 is 16.0 Å². The van der Waals surface area contributed by atoms with E-state index in [0.29, 0.717) is 16.9 Å². The molecule has 0 spiro atoms. The third-order valence-electron chi connectivity index (χ3n) is 4.27. The van der Waals surface area contributed by atoms with Crippen molar-refractivity contribution in [2.45, 2.75) is 13.8 Å². The molecule has 8 nitrogen and oxygen atoms in total. The monoisotopic (exact) mass is 405 g/mol. The molecule has 3 rings (SSSR count). The summed E-state index contributed by atoms with van der Waals surface area (Å²) in [6, 6.07) is 15.5. The van der Waals surface area contributed by atoms with Crippen LogP contribution in [-0.2, 0) is 9.59 Å². The van der Waals surface area contributed by atoms with Gasteiger partial charge in [-0.1, -0.05) is 13.8 Å². The van der Waals surface area contributed by atoms with Crippen molar-refractivity contribution in [3.63, 3.8) is 0 Å². The molecule has 3 amide bonds. The molecule has 3 N–H and O–H groups in total. The molecule has 30 heavy (non-hydrogen) atoms. The lowest BCUT2D eigenvalue weighted by Gasteiger charge is -2.10. The number of nitrogens with one attached hydrogen (secondary N) is 3. The Balaban J connectivity index is 1.48. The Labute approximate surface area is 174 Å². The van der Waals surface area contributed by atoms with Crippen molar-refractivity contribution in [1.82, 2.24) is 15.1 Å². The fourth-order valence-electron chi connectivity index (χ4n) is 2.58. The molecule has 1 aromatic heterocycles. The fourth-order valence-corrected chi connectivity index (χ4v) is 2.58. The second-order valence-corrected chi connectivity index (χ2v) is 6.95. The van der Waals surface area contributed by atoms with Gasteiger partial charge in [0.05, 0.1) is 12.2 Å². The highest BCUT2D eigenvalue weighted by atomic mass is 16.2. The molecule has 8 heteroatoms. The zero-order valence-electron chi connectivity index (χ0n) is 16.8. The van der Waals surface area contributed by atoms with Gasteiger partial charge in [-0.05, 0) is 54.6 Å². The van der Waals surface area contributed by atoms with Crippen LogP contribution in [0.5, 0.6) is 0 Å². The molecule has 0 saturated heterocycles. The molecule has 0 aliphatic rings. The normalized spacial score (nSPS) is 10.5. The van der Waals surface area contributed by atoms with Gasteiger partial charge in [0, 0.05) is 35.2 Å². The van der Waals surface area contributed by atoms with E-state index in [9.17, 15) is 14.4 Å². The number of hydrogen-bond donors (Lipinski definition) is 3. The maximum atomic E-state index is 12.2. The van der Waals surface area contributed by atoms with E-state index in [1.54, 1.807) is 61.1 Å². The van der Waals surface area contributed by atoms with Crippen LogP contribution in [0.15, 0.2) is 67.0 Å². The van der Waals surface area contributed by atoms with Crippen molar-refractivity contribution in [2.75, 3.05) is 17.2 Å². The van der Waals surface area contributed by atoms with Crippen LogP contribution >= 0.6 is 0 Å². The number of carbonyl (C=O) groups is 3. The smallest absolute Gasteiger partial charge is 0.251 e. The number of benzene rings is 2. The van der Waals surface area contributed by atoms with Gasteiger partial charge in [-0.25, -0.2) is 4.68 Å². The number of nitrogens with zero attached hydrogens (tertiary/aromatic N) is 2. The van der Waals surface area contributed by atoms with Gasteiger partial charge in [0.1, 0.15) is 0 Å². The molecule has 0 bridgehead atoms. The zero-order valence-corrected chi connectivity index (χ0v) is 16.8. The van der Waals surface area contributed by atoms with E-state index in [1.807, 2.05) is 24.4 Å². The minimum Gasteiger partial charge on any atom is -0.343 e. The molecular formula is C22H23N5O3. The molecule has 0 radical (unpaired) electrons. The second-order valence-electron chi connectivity index (χ2n) is 6.95.